The Bertz CT molecular complexity index is 93.0. The zero-order chi connectivity index (χ0) is 9.82. The van der Waals surface area contributed by atoms with E-state index in [0.29, 0.717) is 6.61 Å². The first kappa shape index (κ1) is 18.5. The van der Waals surface area contributed by atoms with Crippen LogP contribution in [0.5, 0.6) is 0 Å². The molecule has 0 heterocycles. The molecule has 0 aromatic heterocycles. The van der Waals surface area contributed by atoms with E-state index >= 15 is 0 Å². The van der Waals surface area contributed by atoms with Crippen molar-refractivity contribution in [3.63, 3.8) is 0 Å². The maximum atomic E-state index is 8.25. The van der Waals surface area contributed by atoms with Crippen LogP contribution in [0.25, 0.3) is 0 Å². The van der Waals surface area contributed by atoms with Crippen LogP contribution in [0.15, 0.2) is 0 Å². The van der Waals surface area contributed by atoms with Crippen molar-refractivity contribution in [3.05, 3.63) is 15.3 Å². The molecule has 0 aromatic carbocycles. The van der Waals surface area contributed by atoms with Crippen LogP contribution in [-0.4, -0.2) is 30.0 Å². The summed E-state index contributed by atoms with van der Waals surface area (Å²) in [5.74, 6) is 0. The van der Waals surface area contributed by atoms with Gasteiger partial charge in [0.25, 0.3) is 0 Å². The molecule has 13 heavy (non-hydrogen) atoms. The van der Waals surface area contributed by atoms with E-state index in [0.717, 1.165) is 19.4 Å². The fraction of sp³-hybridized carbons (Fsp3) is 1.00. The molecule has 0 spiro atoms. The number of ether oxygens (including phenoxy) is 1. The average molecular weight is 187 g/mol. The third kappa shape index (κ3) is 49.7. The van der Waals surface area contributed by atoms with Crippen LogP contribution in [0, 0.1) is 15.3 Å². The van der Waals surface area contributed by atoms with Crippen LogP contribution < -0.4 is 18.9 Å². The smallest absolute Gasteiger partial charge is 0.394 e. The molecule has 0 atom stereocenters. The minimum Gasteiger partial charge on any atom is -0.394 e. The maximum absolute atomic E-state index is 8.25. The first-order chi connectivity index (χ1) is 5.65. The topological polar surface area (TPSA) is 95.7 Å². The van der Waals surface area contributed by atoms with Crippen molar-refractivity contribution in [2.45, 2.75) is 19.8 Å². The van der Waals surface area contributed by atoms with Gasteiger partial charge in [0, 0.05) is 6.61 Å². The standard InChI is InChI=1S/C6H14O2.Li.NO3/c1-2-3-5-8-6-4-7;;2-1(3)4/h7H,2-6H2,1H3;;/q;+1;-1. The number of nitrogens with zero attached hydrogens (tertiary/aromatic N) is 1. The molecule has 0 rings (SSSR count). The summed E-state index contributed by atoms with van der Waals surface area (Å²) < 4.78 is 4.97. The van der Waals surface area contributed by atoms with Gasteiger partial charge in [-0.2, -0.15) is 0 Å². The summed E-state index contributed by atoms with van der Waals surface area (Å²) in [5.41, 5.74) is 0. The molecule has 0 bridgehead atoms. The van der Waals surface area contributed by atoms with Crippen molar-refractivity contribution in [1.29, 1.82) is 0 Å². The number of aliphatic hydroxyl groups excluding tert-OH is 1. The molecule has 7 heteroatoms. The molecular formula is C6H14LiNO5. The zero-order valence-electron chi connectivity index (χ0n) is 8.06. The van der Waals surface area contributed by atoms with Crippen molar-refractivity contribution in [1.82, 2.24) is 0 Å². The maximum Gasteiger partial charge on any atom is 1.00 e. The molecule has 0 unspecified atom stereocenters. The van der Waals surface area contributed by atoms with Gasteiger partial charge in [0.05, 0.1) is 18.3 Å². The average Bonchev–Trinajstić information content (AvgIpc) is 1.97. The predicted octanol–water partition coefficient (Wildman–Crippen LogP) is -2.44. The number of hydrogen-bond acceptors (Lipinski definition) is 5. The van der Waals surface area contributed by atoms with E-state index in [9.17, 15) is 0 Å². The molecule has 0 saturated heterocycles. The number of rotatable bonds is 5. The Morgan fingerprint density at radius 3 is 2.15 bits per heavy atom. The Hall–Kier alpha value is -0.283. The Morgan fingerprint density at radius 1 is 1.38 bits per heavy atom. The van der Waals surface area contributed by atoms with Gasteiger partial charge in [-0.15, -0.1) is 0 Å². The van der Waals surface area contributed by atoms with Gasteiger partial charge in [0.15, 0.2) is 0 Å². The summed E-state index contributed by atoms with van der Waals surface area (Å²) >= 11 is 0. The minimum atomic E-state index is -1.75. The van der Waals surface area contributed by atoms with Crippen LogP contribution in [0.2, 0.25) is 0 Å². The van der Waals surface area contributed by atoms with E-state index < -0.39 is 5.09 Å². The molecule has 1 N–H and O–H groups in total. The van der Waals surface area contributed by atoms with Crippen LogP contribution in [0.3, 0.4) is 0 Å². The van der Waals surface area contributed by atoms with Gasteiger partial charge in [-0.3, -0.25) is 0 Å². The third-order valence-corrected chi connectivity index (χ3v) is 0.878. The fourth-order valence-electron chi connectivity index (χ4n) is 0.413. The molecule has 0 aliphatic carbocycles. The summed E-state index contributed by atoms with van der Waals surface area (Å²) in [6, 6.07) is 0. The Kier molecular flexibility index (Phi) is 25.2. The van der Waals surface area contributed by atoms with E-state index in [1.807, 2.05) is 0 Å². The molecular weight excluding hydrogens is 173 g/mol. The molecule has 6 nitrogen and oxygen atoms in total. The molecule has 0 saturated carbocycles. The molecule has 0 aliphatic heterocycles. The van der Waals surface area contributed by atoms with Gasteiger partial charge in [0.1, 0.15) is 0 Å². The largest absolute Gasteiger partial charge is 1.00 e. The van der Waals surface area contributed by atoms with Crippen molar-refractivity contribution in [2.24, 2.45) is 0 Å². The van der Waals surface area contributed by atoms with Crippen molar-refractivity contribution in [3.8, 4) is 0 Å². The second-order valence-corrected chi connectivity index (χ2v) is 1.91. The quantitative estimate of drug-likeness (QED) is 0.223. The summed E-state index contributed by atoms with van der Waals surface area (Å²) in [4.78, 5) is 8.25. The Labute approximate surface area is 89.2 Å². The van der Waals surface area contributed by atoms with E-state index in [4.69, 9.17) is 25.2 Å². The summed E-state index contributed by atoms with van der Waals surface area (Å²) in [6.07, 6.45) is 2.26. The van der Waals surface area contributed by atoms with Crippen LogP contribution >= 0.6 is 0 Å². The summed E-state index contributed by atoms with van der Waals surface area (Å²) in [6.45, 7) is 3.53. The monoisotopic (exact) mass is 187 g/mol. The van der Waals surface area contributed by atoms with Gasteiger partial charge < -0.3 is 25.2 Å². The fourth-order valence-corrected chi connectivity index (χ4v) is 0.413. The van der Waals surface area contributed by atoms with Crippen LogP contribution in [-0.2, 0) is 4.74 Å². The predicted molar refractivity (Wildman–Crippen MR) is 43.2 cm³/mol. The second kappa shape index (κ2) is 17.7. The van der Waals surface area contributed by atoms with E-state index in [1.165, 1.54) is 0 Å². The van der Waals surface area contributed by atoms with Gasteiger partial charge in [-0.1, -0.05) is 13.3 Å². The number of hydrogen-bond donors (Lipinski definition) is 1. The molecule has 0 aromatic rings. The van der Waals surface area contributed by atoms with Gasteiger partial charge in [-0.05, 0) is 6.42 Å². The van der Waals surface area contributed by atoms with Crippen LogP contribution in [0.1, 0.15) is 19.8 Å². The SMILES string of the molecule is CCCCOCCO.O=[N+]([O-])[O-].[Li+]. The van der Waals surface area contributed by atoms with Gasteiger partial charge in [0.2, 0.25) is 0 Å². The van der Waals surface area contributed by atoms with Gasteiger partial charge in [-0.25, -0.2) is 0 Å². The van der Waals surface area contributed by atoms with Gasteiger partial charge >= 0.3 is 18.9 Å². The first-order valence-electron chi connectivity index (χ1n) is 3.65. The second-order valence-electron chi connectivity index (χ2n) is 1.91. The number of unbranched alkanes of at least 4 members (excludes halogenated alkanes) is 1. The third-order valence-electron chi connectivity index (χ3n) is 0.878. The molecule has 74 valence electrons. The molecule has 0 amide bonds. The van der Waals surface area contributed by atoms with Crippen molar-refractivity contribution >= 4 is 0 Å². The molecule has 0 aliphatic rings. The Balaban J connectivity index is -0.000000173. The Morgan fingerprint density at radius 2 is 1.85 bits per heavy atom. The molecule has 0 radical (unpaired) electrons. The number of aliphatic hydroxyl groups is 1. The van der Waals surface area contributed by atoms with Crippen molar-refractivity contribution in [2.75, 3.05) is 19.8 Å². The van der Waals surface area contributed by atoms with E-state index in [1.54, 1.807) is 0 Å². The first-order valence-corrected chi connectivity index (χ1v) is 3.65. The van der Waals surface area contributed by atoms with E-state index in [-0.39, 0.29) is 25.5 Å². The summed E-state index contributed by atoms with van der Waals surface area (Å²) in [5, 5.41) is 23.0. The zero-order valence-corrected chi connectivity index (χ0v) is 8.06. The normalized spacial score (nSPS) is 7.85. The summed E-state index contributed by atoms with van der Waals surface area (Å²) in [7, 11) is 0. The van der Waals surface area contributed by atoms with E-state index in [2.05, 4.69) is 6.92 Å². The van der Waals surface area contributed by atoms with Crippen LogP contribution in [0.4, 0.5) is 0 Å². The minimum absolute atomic E-state index is 0. The van der Waals surface area contributed by atoms with Crippen molar-refractivity contribution < 1.29 is 33.8 Å². The molecule has 0 fully saturated rings.